The average Bonchev–Trinajstić information content (AvgIpc) is 2.92. The number of aromatic nitrogens is 2. The Labute approximate surface area is 132 Å². The fourth-order valence-corrected chi connectivity index (χ4v) is 2.46. The monoisotopic (exact) mass is 316 g/mol. The van der Waals surface area contributed by atoms with Gasteiger partial charge in [0.2, 0.25) is 0 Å². The van der Waals surface area contributed by atoms with Crippen molar-refractivity contribution in [2.45, 2.75) is 19.3 Å². The lowest BCUT2D eigenvalue weighted by Crippen LogP contribution is -2.24. The molecule has 0 saturated carbocycles. The molecule has 1 heterocycles. The molecule has 3 aromatic rings. The lowest BCUT2D eigenvalue weighted by atomic mass is 10.3. The zero-order chi connectivity index (χ0) is 16.2. The number of rotatable bonds is 6. The summed E-state index contributed by atoms with van der Waals surface area (Å²) >= 11 is 0. The van der Waals surface area contributed by atoms with Gasteiger partial charge in [-0.2, -0.15) is 0 Å². The number of hydrogen-bond acceptors (Lipinski definition) is 4. The van der Waals surface area contributed by atoms with E-state index in [0.29, 0.717) is 5.82 Å². The predicted octanol–water partition coefficient (Wildman–Crippen LogP) is 2.11. The van der Waals surface area contributed by atoms with Crippen molar-refractivity contribution in [3.8, 4) is 5.75 Å². The molecule has 5 nitrogen and oxygen atoms in total. The van der Waals surface area contributed by atoms with Crippen molar-refractivity contribution in [3.05, 3.63) is 60.2 Å². The maximum Gasteiger partial charge on any atom is 0.165 e. The van der Waals surface area contributed by atoms with Crippen molar-refractivity contribution in [1.82, 2.24) is 9.55 Å². The number of hydrogen-bond donors (Lipinski definition) is 2. The van der Waals surface area contributed by atoms with Crippen LogP contribution in [-0.2, 0) is 13.2 Å². The molecule has 0 radical (unpaired) electrons. The Morgan fingerprint density at radius 1 is 1.13 bits per heavy atom. The first-order valence-corrected chi connectivity index (χ1v) is 7.29. The normalized spacial score (nSPS) is 12.5. The molecule has 23 heavy (non-hydrogen) atoms. The maximum atomic E-state index is 13.5. The molecule has 0 bridgehead atoms. The minimum Gasteiger partial charge on any atom is -0.488 e. The van der Waals surface area contributed by atoms with Gasteiger partial charge in [-0.1, -0.05) is 24.3 Å². The fraction of sp³-hybridized carbons (Fsp3) is 0.235. The van der Waals surface area contributed by atoms with Crippen LogP contribution in [0, 0.1) is 5.82 Å². The Morgan fingerprint density at radius 2 is 1.87 bits per heavy atom. The molecule has 6 heteroatoms. The zero-order valence-corrected chi connectivity index (χ0v) is 12.4. The Morgan fingerprint density at radius 3 is 2.65 bits per heavy atom. The maximum absolute atomic E-state index is 13.5. The number of aliphatic hydroxyl groups is 2. The van der Waals surface area contributed by atoms with Gasteiger partial charge < -0.3 is 19.5 Å². The van der Waals surface area contributed by atoms with Gasteiger partial charge in [-0.25, -0.2) is 9.37 Å². The van der Waals surface area contributed by atoms with Crippen LogP contribution in [0.2, 0.25) is 0 Å². The quantitative estimate of drug-likeness (QED) is 0.731. The number of imidazole rings is 1. The van der Waals surface area contributed by atoms with E-state index in [4.69, 9.17) is 4.74 Å². The third-order valence-electron chi connectivity index (χ3n) is 3.54. The largest absolute Gasteiger partial charge is 0.488 e. The van der Waals surface area contributed by atoms with Crippen molar-refractivity contribution < 1.29 is 19.3 Å². The third-order valence-corrected chi connectivity index (χ3v) is 3.54. The van der Waals surface area contributed by atoms with E-state index in [9.17, 15) is 14.6 Å². The molecule has 1 atom stereocenters. The zero-order valence-electron chi connectivity index (χ0n) is 12.4. The van der Waals surface area contributed by atoms with Gasteiger partial charge >= 0.3 is 0 Å². The smallest absolute Gasteiger partial charge is 0.165 e. The highest BCUT2D eigenvalue weighted by atomic mass is 19.1. The van der Waals surface area contributed by atoms with Gasteiger partial charge in [0.25, 0.3) is 0 Å². The Bertz CT molecular complexity index is 803. The first-order chi connectivity index (χ1) is 11.2. The van der Waals surface area contributed by atoms with Crippen LogP contribution in [0.4, 0.5) is 4.39 Å². The van der Waals surface area contributed by atoms with Crippen LogP contribution >= 0.6 is 0 Å². The lowest BCUT2D eigenvalue weighted by molar-refractivity contribution is 0.0895. The highest BCUT2D eigenvalue weighted by molar-refractivity contribution is 5.75. The van der Waals surface area contributed by atoms with Crippen LogP contribution in [0.25, 0.3) is 11.0 Å². The van der Waals surface area contributed by atoms with Crippen LogP contribution in [0.1, 0.15) is 5.82 Å². The molecule has 0 amide bonds. The second-order valence-electron chi connectivity index (χ2n) is 5.18. The Balaban J connectivity index is 1.73. The molecular formula is C17H17FN2O3. The van der Waals surface area contributed by atoms with Crippen LogP contribution < -0.4 is 4.74 Å². The standard InChI is InChI=1S/C17H17FN2O3/c18-13-5-1-4-8-16(13)23-11-12(22)9-20-15-7-3-2-6-14(15)19-17(20)10-21/h1-8,12,21-22H,9-11H2/t12-/m0/s1. The summed E-state index contributed by atoms with van der Waals surface area (Å²) in [4.78, 5) is 4.32. The number of ether oxygens (including phenoxy) is 1. The van der Waals surface area contributed by atoms with Crippen LogP contribution in [-0.4, -0.2) is 32.5 Å². The first kappa shape index (κ1) is 15.5. The highest BCUT2D eigenvalue weighted by Gasteiger charge is 2.14. The Kier molecular flexibility index (Phi) is 4.55. The van der Waals surface area contributed by atoms with Gasteiger partial charge in [0.1, 0.15) is 25.1 Å². The van der Waals surface area contributed by atoms with Crippen LogP contribution in [0.3, 0.4) is 0 Å². The SMILES string of the molecule is OCc1nc2ccccc2n1C[C@H](O)COc1ccccc1F. The van der Waals surface area contributed by atoms with E-state index in [1.54, 1.807) is 16.7 Å². The van der Waals surface area contributed by atoms with E-state index < -0.39 is 11.9 Å². The highest BCUT2D eigenvalue weighted by Crippen LogP contribution is 2.18. The number of benzene rings is 2. The van der Waals surface area contributed by atoms with Gasteiger partial charge in [0.05, 0.1) is 17.6 Å². The van der Waals surface area contributed by atoms with Crippen molar-refractivity contribution in [3.63, 3.8) is 0 Å². The van der Waals surface area contributed by atoms with Gasteiger partial charge in [0, 0.05) is 0 Å². The summed E-state index contributed by atoms with van der Waals surface area (Å²) in [6, 6.07) is 13.5. The fourth-order valence-electron chi connectivity index (χ4n) is 2.46. The molecule has 0 fully saturated rings. The molecule has 2 aromatic carbocycles. The second kappa shape index (κ2) is 6.76. The molecule has 0 saturated heterocycles. The number of nitrogens with zero attached hydrogens (tertiary/aromatic N) is 2. The number of halogens is 1. The number of aliphatic hydroxyl groups excluding tert-OH is 2. The summed E-state index contributed by atoms with van der Waals surface area (Å²) in [5.74, 6) is 0.101. The summed E-state index contributed by atoms with van der Waals surface area (Å²) in [7, 11) is 0. The van der Waals surface area contributed by atoms with Gasteiger partial charge in [-0.05, 0) is 24.3 Å². The molecule has 0 spiro atoms. The molecule has 2 N–H and O–H groups in total. The van der Waals surface area contributed by atoms with Crippen LogP contribution in [0.15, 0.2) is 48.5 Å². The Hall–Kier alpha value is -2.44. The third kappa shape index (κ3) is 3.33. The summed E-state index contributed by atoms with van der Waals surface area (Å²) in [5.41, 5.74) is 1.57. The lowest BCUT2D eigenvalue weighted by Gasteiger charge is -2.15. The van der Waals surface area contributed by atoms with Crippen molar-refractivity contribution in [1.29, 1.82) is 0 Å². The summed E-state index contributed by atoms with van der Waals surface area (Å²) in [6.45, 7) is -0.0846. The summed E-state index contributed by atoms with van der Waals surface area (Å²) in [5, 5.41) is 19.6. The van der Waals surface area contributed by atoms with E-state index in [0.717, 1.165) is 11.0 Å². The molecule has 3 rings (SSSR count). The minimum atomic E-state index is -0.863. The second-order valence-corrected chi connectivity index (χ2v) is 5.18. The van der Waals surface area contributed by atoms with Gasteiger partial charge in [0.15, 0.2) is 11.6 Å². The van der Waals surface area contributed by atoms with E-state index in [2.05, 4.69) is 4.98 Å². The molecule has 120 valence electrons. The van der Waals surface area contributed by atoms with E-state index in [-0.39, 0.29) is 25.5 Å². The molecule has 0 unspecified atom stereocenters. The van der Waals surface area contributed by atoms with Crippen molar-refractivity contribution in [2.75, 3.05) is 6.61 Å². The summed E-state index contributed by atoms with van der Waals surface area (Å²) < 4.78 is 20.5. The predicted molar refractivity (Wildman–Crippen MR) is 83.6 cm³/mol. The van der Waals surface area contributed by atoms with Gasteiger partial charge in [-0.3, -0.25) is 0 Å². The van der Waals surface area contributed by atoms with E-state index in [1.165, 1.54) is 12.1 Å². The van der Waals surface area contributed by atoms with Crippen molar-refractivity contribution in [2.24, 2.45) is 0 Å². The first-order valence-electron chi connectivity index (χ1n) is 7.29. The van der Waals surface area contributed by atoms with E-state index in [1.807, 2.05) is 24.3 Å². The molecular weight excluding hydrogens is 299 g/mol. The topological polar surface area (TPSA) is 67.5 Å². The minimum absolute atomic E-state index is 0.0572. The van der Waals surface area contributed by atoms with E-state index >= 15 is 0 Å². The van der Waals surface area contributed by atoms with Crippen LogP contribution in [0.5, 0.6) is 5.75 Å². The number of fused-ring (bicyclic) bond motifs is 1. The average molecular weight is 316 g/mol. The molecule has 0 aliphatic heterocycles. The summed E-state index contributed by atoms with van der Waals surface area (Å²) in [6.07, 6.45) is -0.863. The molecule has 0 aliphatic carbocycles. The van der Waals surface area contributed by atoms with Crippen molar-refractivity contribution >= 4 is 11.0 Å². The molecule has 0 aliphatic rings. The number of para-hydroxylation sites is 3. The molecule has 1 aromatic heterocycles. The van der Waals surface area contributed by atoms with Gasteiger partial charge in [-0.15, -0.1) is 0 Å².